The van der Waals surface area contributed by atoms with Crippen LogP contribution in [-0.4, -0.2) is 23.0 Å². The maximum Gasteiger partial charge on any atom is 0.254 e. The second-order valence-electron chi connectivity index (χ2n) is 5.02. The van der Waals surface area contributed by atoms with Gasteiger partial charge in [0.05, 0.1) is 6.04 Å². The number of carbonyl (C=O) groups is 1. The van der Waals surface area contributed by atoms with E-state index in [1.165, 1.54) is 0 Å². The molecular weight excluding hydrogens is 250 g/mol. The smallest absolute Gasteiger partial charge is 0.254 e. The van der Waals surface area contributed by atoms with Gasteiger partial charge in [0.2, 0.25) is 0 Å². The van der Waals surface area contributed by atoms with Gasteiger partial charge >= 0.3 is 0 Å². The van der Waals surface area contributed by atoms with E-state index in [4.69, 9.17) is 0 Å². The van der Waals surface area contributed by atoms with Gasteiger partial charge in [0.25, 0.3) is 5.91 Å². The van der Waals surface area contributed by atoms with Gasteiger partial charge in [-0.1, -0.05) is 35.9 Å². The molecule has 2 aromatic rings. The molecule has 104 valence electrons. The summed E-state index contributed by atoms with van der Waals surface area (Å²) < 4.78 is 0. The summed E-state index contributed by atoms with van der Waals surface area (Å²) >= 11 is 0. The van der Waals surface area contributed by atoms with Gasteiger partial charge < -0.3 is 10.0 Å². The molecule has 1 unspecified atom stereocenters. The Balaban J connectivity index is 2.25. The minimum absolute atomic E-state index is 0.0514. The summed E-state index contributed by atoms with van der Waals surface area (Å²) in [5.74, 6) is 0.161. The maximum atomic E-state index is 12.5. The van der Waals surface area contributed by atoms with Gasteiger partial charge in [-0.05, 0) is 32.0 Å². The number of phenols is 1. The largest absolute Gasteiger partial charge is 0.508 e. The third-order valence-corrected chi connectivity index (χ3v) is 3.55. The molecule has 0 saturated carbocycles. The van der Waals surface area contributed by atoms with E-state index in [2.05, 4.69) is 0 Å². The van der Waals surface area contributed by atoms with Crippen molar-refractivity contribution in [2.45, 2.75) is 19.9 Å². The molecule has 0 aliphatic heterocycles. The monoisotopic (exact) mass is 269 g/mol. The number of aryl methyl sites for hydroxylation is 1. The number of nitrogens with zero attached hydrogens (tertiary/aromatic N) is 1. The Morgan fingerprint density at radius 3 is 2.50 bits per heavy atom. The van der Waals surface area contributed by atoms with Crippen LogP contribution in [-0.2, 0) is 0 Å². The molecular formula is C17H19NO2. The van der Waals surface area contributed by atoms with Gasteiger partial charge in [-0.25, -0.2) is 0 Å². The summed E-state index contributed by atoms with van der Waals surface area (Å²) in [6, 6.07) is 14.4. The number of phenolic OH excluding ortho intramolecular Hbond substituents is 1. The Morgan fingerprint density at radius 1 is 1.15 bits per heavy atom. The number of carbonyl (C=O) groups excluding carboxylic acids is 1. The molecule has 0 fully saturated rings. The SMILES string of the molecule is Cc1cccc(C(=O)N(C)C(C)c2ccccc2O)c1. The first-order valence-electron chi connectivity index (χ1n) is 6.62. The van der Waals surface area contributed by atoms with Crippen LogP contribution in [0.25, 0.3) is 0 Å². The van der Waals surface area contributed by atoms with E-state index in [9.17, 15) is 9.90 Å². The molecule has 1 amide bonds. The summed E-state index contributed by atoms with van der Waals surface area (Å²) in [5, 5.41) is 9.89. The summed E-state index contributed by atoms with van der Waals surface area (Å²) in [4.78, 5) is 14.1. The van der Waals surface area contributed by atoms with E-state index in [1.54, 1.807) is 24.1 Å². The van der Waals surface area contributed by atoms with Crippen LogP contribution in [0.2, 0.25) is 0 Å². The highest BCUT2D eigenvalue weighted by molar-refractivity contribution is 5.94. The molecule has 0 aliphatic carbocycles. The van der Waals surface area contributed by atoms with Crippen LogP contribution < -0.4 is 0 Å². The molecule has 0 bridgehead atoms. The van der Waals surface area contributed by atoms with E-state index in [1.807, 2.05) is 50.2 Å². The zero-order chi connectivity index (χ0) is 14.7. The molecule has 0 heterocycles. The number of hydrogen-bond donors (Lipinski definition) is 1. The first kappa shape index (κ1) is 14.1. The third kappa shape index (κ3) is 2.82. The lowest BCUT2D eigenvalue weighted by atomic mass is 10.0. The molecule has 0 saturated heterocycles. The standard InChI is InChI=1S/C17H19NO2/c1-12-7-6-8-14(11-12)17(20)18(3)13(2)15-9-4-5-10-16(15)19/h4-11,13,19H,1-3H3. The fourth-order valence-corrected chi connectivity index (χ4v) is 2.21. The molecule has 3 heteroatoms. The molecule has 20 heavy (non-hydrogen) atoms. The number of aromatic hydroxyl groups is 1. The molecule has 0 aliphatic rings. The molecule has 1 atom stereocenters. The van der Waals surface area contributed by atoms with E-state index in [0.29, 0.717) is 5.56 Å². The van der Waals surface area contributed by atoms with Crippen molar-refractivity contribution in [3.05, 3.63) is 65.2 Å². The predicted molar refractivity (Wildman–Crippen MR) is 79.8 cm³/mol. The lowest BCUT2D eigenvalue weighted by molar-refractivity contribution is 0.0741. The topological polar surface area (TPSA) is 40.5 Å². The molecule has 2 rings (SSSR count). The van der Waals surface area contributed by atoms with Crippen molar-refractivity contribution in [1.82, 2.24) is 4.90 Å². The number of rotatable bonds is 3. The summed E-state index contributed by atoms with van der Waals surface area (Å²) in [5.41, 5.74) is 2.46. The maximum absolute atomic E-state index is 12.5. The van der Waals surface area contributed by atoms with Crippen LogP contribution in [0, 0.1) is 6.92 Å². The number of hydrogen-bond acceptors (Lipinski definition) is 2. The van der Waals surface area contributed by atoms with Crippen molar-refractivity contribution in [3.8, 4) is 5.75 Å². The number of amides is 1. The Bertz CT molecular complexity index is 622. The first-order chi connectivity index (χ1) is 9.50. The summed E-state index contributed by atoms with van der Waals surface area (Å²) in [6.07, 6.45) is 0. The van der Waals surface area contributed by atoms with Gasteiger partial charge in [0.15, 0.2) is 0 Å². The predicted octanol–water partition coefficient (Wildman–Crippen LogP) is 3.53. The van der Waals surface area contributed by atoms with E-state index < -0.39 is 0 Å². The number of benzene rings is 2. The fraction of sp³-hybridized carbons (Fsp3) is 0.235. The molecule has 0 radical (unpaired) electrons. The molecule has 0 spiro atoms. The highest BCUT2D eigenvalue weighted by atomic mass is 16.3. The number of para-hydroxylation sites is 1. The van der Waals surface area contributed by atoms with Gasteiger partial charge in [-0.3, -0.25) is 4.79 Å². The normalized spacial score (nSPS) is 11.9. The summed E-state index contributed by atoms with van der Waals surface area (Å²) in [7, 11) is 1.75. The molecule has 0 aromatic heterocycles. The minimum Gasteiger partial charge on any atom is -0.508 e. The van der Waals surface area contributed by atoms with Crippen LogP contribution in [0.4, 0.5) is 0 Å². The van der Waals surface area contributed by atoms with Crippen molar-refractivity contribution in [2.75, 3.05) is 7.05 Å². The Labute approximate surface area is 119 Å². The van der Waals surface area contributed by atoms with Gasteiger partial charge in [0, 0.05) is 18.2 Å². The quantitative estimate of drug-likeness (QED) is 0.926. The highest BCUT2D eigenvalue weighted by Gasteiger charge is 2.20. The second-order valence-corrected chi connectivity index (χ2v) is 5.02. The van der Waals surface area contributed by atoms with E-state index >= 15 is 0 Å². The van der Waals surface area contributed by atoms with Gasteiger partial charge in [-0.2, -0.15) is 0 Å². The van der Waals surface area contributed by atoms with Crippen molar-refractivity contribution in [2.24, 2.45) is 0 Å². The lowest BCUT2D eigenvalue weighted by Gasteiger charge is -2.26. The molecule has 2 aromatic carbocycles. The van der Waals surface area contributed by atoms with E-state index in [0.717, 1.165) is 11.1 Å². The molecule has 1 N–H and O–H groups in total. The second kappa shape index (κ2) is 5.78. The lowest BCUT2D eigenvalue weighted by Crippen LogP contribution is -2.29. The Kier molecular flexibility index (Phi) is 4.08. The Morgan fingerprint density at radius 2 is 1.85 bits per heavy atom. The third-order valence-electron chi connectivity index (χ3n) is 3.55. The first-order valence-corrected chi connectivity index (χ1v) is 6.62. The van der Waals surface area contributed by atoms with Gasteiger partial charge in [0.1, 0.15) is 5.75 Å². The van der Waals surface area contributed by atoms with Crippen molar-refractivity contribution < 1.29 is 9.90 Å². The fourth-order valence-electron chi connectivity index (χ4n) is 2.21. The average molecular weight is 269 g/mol. The van der Waals surface area contributed by atoms with Gasteiger partial charge in [-0.15, -0.1) is 0 Å². The van der Waals surface area contributed by atoms with Crippen LogP contribution in [0.15, 0.2) is 48.5 Å². The van der Waals surface area contributed by atoms with Crippen LogP contribution in [0.1, 0.15) is 34.5 Å². The highest BCUT2D eigenvalue weighted by Crippen LogP contribution is 2.28. The zero-order valence-electron chi connectivity index (χ0n) is 12.0. The van der Waals surface area contributed by atoms with Crippen LogP contribution in [0.3, 0.4) is 0 Å². The minimum atomic E-state index is -0.191. The van der Waals surface area contributed by atoms with Crippen LogP contribution in [0.5, 0.6) is 5.75 Å². The van der Waals surface area contributed by atoms with E-state index in [-0.39, 0.29) is 17.7 Å². The average Bonchev–Trinajstić information content (AvgIpc) is 2.45. The van der Waals surface area contributed by atoms with Crippen molar-refractivity contribution in [1.29, 1.82) is 0 Å². The Hall–Kier alpha value is -2.29. The van der Waals surface area contributed by atoms with Crippen molar-refractivity contribution in [3.63, 3.8) is 0 Å². The summed E-state index contributed by atoms with van der Waals surface area (Å²) in [6.45, 7) is 3.87. The zero-order valence-corrected chi connectivity index (χ0v) is 12.0. The van der Waals surface area contributed by atoms with Crippen LogP contribution >= 0.6 is 0 Å². The molecule has 3 nitrogen and oxygen atoms in total. The van der Waals surface area contributed by atoms with Crippen molar-refractivity contribution >= 4 is 5.91 Å².